The number of carbonyl (C=O) groups excluding carboxylic acids is 1. The summed E-state index contributed by atoms with van der Waals surface area (Å²) in [6.45, 7) is 1.96. The monoisotopic (exact) mass is 258 g/mol. The molecule has 1 aliphatic rings. The SMILES string of the molecule is CC(NC(=O)NC1CCC1)c1ccc(Cl)s1. The highest BCUT2D eigenvalue weighted by atomic mass is 35.5. The Hall–Kier alpha value is -0.740. The first kappa shape index (κ1) is 11.7. The average molecular weight is 259 g/mol. The summed E-state index contributed by atoms with van der Waals surface area (Å²) in [5.41, 5.74) is 0. The summed E-state index contributed by atoms with van der Waals surface area (Å²) in [5, 5.41) is 5.86. The van der Waals surface area contributed by atoms with Gasteiger partial charge in [0.05, 0.1) is 10.4 Å². The van der Waals surface area contributed by atoms with Gasteiger partial charge in [0.1, 0.15) is 0 Å². The Labute approximate surface area is 104 Å². The number of carbonyl (C=O) groups is 1. The lowest BCUT2D eigenvalue weighted by Gasteiger charge is -2.27. The molecule has 1 heterocycles. The molecule has 1 aromatic rings. The lowest BCUT2D eigenvalue weighted by molar-refractivity contribution is 0.225. The fourth-order valence-electron chi connectivity index (χ4n) is 1.61. The summed E-state index contributed by atoms with van der Waals surface area (Å²) in [5.74, 6) is 0. The van der Waals surface area contributed by atoms with Crippen LogP contribution in [0.15, 0.2) is 12.1 Å². The van der Waals surface area contributed by atoms with Crippen molar-refractivity contribution in [1.29, 1.82) is 0 Å². The number of rotatable bonds is 3. The van der Waals surface area contributed by atoms with Crippen LogP contribution in [0.1, 0.15) is 37.1 Å². The van der Waals surface area contributed by atoms with Gasteiger partial charge in [-0.1, -0.05) is 11.6 Å². The zero-order valence-corrected chi connectivity index (χ0v) is 10.7. The van der Waals surface area contributed by atoms with Crippen molar-refractivity contribution in [2.75, 3.05) is 0 Å². The minimum atomic E-state index is -0.0817. The maximum atomic E-state index is 11.6. The standard InChI is InChI=1S/C11H15ClN2OS/c1-7(9-5-6-10(12)16-9)13-11(15)14-8-3-2-4-8/h5-8H,2-4H2,1H3,(H2,13,14,15). The molecule has 16 heavy (non-hydrogen) atoms. The Kier molecular flexibility index (Phi) is 3.71. The lowest BCUT2D eigenvalue weighted by atomic mass is 9.93. The van der Waals surface area contributed by atoms with Gasteiger partial charge in [-0.2, -0.15) is 0 Å². The van der Waals surface area contributed by atoms with Crippen LogP contribution in [-0.4, -0.2) is 12.1 Å². The van der Waals surface area contributed by atoms with Crippen LogP contribution >= 0.6 is 22.9 Å². The first-order valence-electron chi connectivity index (χ1n) is 5.47. The fourth-order valence-corrected chi connectivity index (χ4v) is 2.67. The van der Waals surface area contributed by atoms with E-state index in [2.05, 4.69) is 10.6 Å². The summed E-state index contributed by atoms with van der Waals surface area (Å²) < 4.78 is 0.753. The van der Waals surface area contributed by atoms with Crippen molar-refractivity contribution in [3.8, 4) is 0 Å². The highest BCUT2D eigenvalue weighted by Gasteiger charge is 2.20. The van der Waals surface area contributed by atoms with Crippen LogP contribution in [0.5, 0.6) is 0 Å². The van der Waals surface area contributed by atoms with Gasteiger partial charge in [0.2, 0.25) is 0 Å². The Morgan fingerprint density at radius 2 is 2.31 bits per heavy atom. The van der Waals surface area contributed by atoms with Crippen LogP contribution in [0.25, 0.3) is 0 Å². The molecule has 0 aromatic carbocycles. The van der Waals surface area contributed by atoms with Crippen molar-refractivity contribution in [1.82, 2.24) is 10.6 Å². The number of amides is 2. The molecule has 3 nitrogen and oxygen atoms in total. The predicted octanol–water partition coefficient (Wildman–Crippen LogP) is 3.31. The summed E-state index contributed by atoms with van der Waals surface area (Å²) in [6.07, 6.45) is 3.43. The molecule has 0 radical (unpaired) electrons. The zero-order chi connectivity index (χ0) is 11.5. The quantitative estimate of drug-likeness (QED) is 0.858. The topological polar surface area (TPSA) is 41.1 Å². The summed E-state index contributed by atoms with van der Waals surface area (Å²) in [6, 6.07) is 4.10. The number of halogens is 1. The molecule has 0 bridgehead atoms. The smallest absolute Gasteiger partial charge is 0.315 e. The van der Waals surface area contributed by atoms with Gasteiger partial charge >= 0.3 is 6.03 Å². The van der Waals surface area contributed by atoms with Crippen LogP contribution in [0.3, 0.4) is 0 Å². The Morgan fingerprint density at radius 1 is 1.56 bits per heavy atom. The van der Waals surface area contributed by atoms with E-state index in [0.29, 0.717) is 6.04 Å². The molecule has 0 aliphatic heterocycles. The molecule has 1 saturated carbocycles. The molecule has 2 rings (SSSR count). The van der Waals surface area contributed by atoms with Gasteiger partial charge in [0.15, 0.2) is 0 Å². The second-order valence-corrected chi connectivity index (χ2v) is 5.86. The third-order valence-electron chi connectivity index (χ3n) is 2.81. The highest BCUT2D eigenvalue weighted by Crippen LogP contribution is 2.26. The minimum absolute atomic E-state index is 0.0116. The molecule has 2 N–H and O–H groups in total. The van der Waals surface area contributed by atoms with E-state index in [0.717, 1.165) is 22.1 Å². The molecule has 1 aromatic heterocycles. The third-order valence-corrected chi connectivity index (χ3v) is 4.22. The van der Waals surface area contributed by atoms with E-state index < -0.39 is 0 Å². The van der Waals surface area contributed by atoms with Crippen LogP contribution in [0, 0.1) is 0 Å². The van der Waals surface area contributed by atoms with Crippen LogP contribution < -0.4 is 10.6 Å². The second-order valence-electron chi connectivity index (χ2n) is 4.11. The van der Waals surface area contributed by atoms with E-state index in [4.69, 9.17) is 11.6 Å². The molecule has 1 aliphatic carbocycles. The Bertz CT molecular complexity index is 376. The summed E-state index contributed by atoms with van der Waals surface area (Å²) in [4.78, 5) is 12.7. The van der Waals surface area contributed by atoms with E-state index in [-0.39, 0.29) is 12.1 Å². The molecular formula is C11H15ClN2OS. The van der Waals surface area contributed by atoms with E-state index in [1.807, 2.05) is 19.1 Å². The van der Waals surface area contributed by atoms with Crippen molar-refractivity contribution >= 4 is 29.0 Å². The summed E-state index contributed by atoms with van der Waals surface area (Å²) >= 11 is 7.35. The minimum Gasteiger partial charge on any atom is -0.335 e. The molecule has 88 valence electrons. The largest absolute Gasteiger partial charge is 0.335 e. The molecule has 5 heteroatoms. The van der Waals surface area contributed by atoms with E-state index in [1.165, 1.54) is 17.8 Å². The van der Waals surface area contributed by atoms with Crippen LogP contribution in [0.4, 0.5) is 4.79 Å². The maximum absolute atomic E-state index is 11.6. The molecule has 1 atom stereocenters. The number of nitrogens with one attached hydrogen (secondary N) is 2. The molecule has 2 amide bonds. The number of hydrogen-bond acceptors (Lipinski definition) is 2. The van der Waals surface area contributed by atoms with Gasteiger partial charge < -0.3 is 10.6 Å². The molecule has 0 spiro atoms. The maximum Gasteiger partial charge on any atom is 0.315 e. The molecular weight excluding hydrogens is 244 g/mol. The fraction of sp³-hybridized carbons (Fsp3) is 0.545. The van der Waals surface area contributed by atoms with Gasteiger partial charge in [-0.05, 0) is 38.3 Å². The predicted molar refractivity (Wildman–Crippen MR) is 67.1 cm³/mol. The molecule has 1 fully saturated rings. The van der Waals surface area contributed by atoms with Crippen LogP contribution in [0.2, 0.25) is 4.34 Å². The van der Waals surface area contributed by atoms with Crippen molar-refractivity contribution in [2.45, 2.75) is 38.3 Å². The van der Waals surface area contributed by atoms with Gasteiger partial charge in [0, 0.05) is 10.9 Å². The van der Waals surface area contributed by atoms with E-state index in [9.17, 15) is 4.79 Å². The van der Waals surface area contributed by atoms with Gasteiger partial charge in [-0.25, -0.2) is 4.79 Å². The zero-order valence-electron chi connectivity index (χ0n) is 9.13. The average Bonchev–Trinajstić information content (AvgIpc) is 2.58. The third kappa shape index (κ3) is 2.89. The van der Waals surface area contributed by atoms with E-state index in [1.54, 1.807) is 0 Å². The van der Waals surface area contributed by atoms with Crippen molar-refractivity contribution in [3.05, 3.63) is 21.3 Å². The van der Waals surface area contributed by atoms with Gasteiger partial charge in [-0.3, -0.25) is 0 Å². The number of thiophene rings is 1. The lowest BCUT2D eigenvalue weighted by Crippen LogP contribution is -2.45. The first-order valence-corrected chi connectivity index (χ1v) is 6.67. The Morgan fingerprint density at radius 3 is 2.81 bits per heavy atom. The Balaban J connectivity index is 1.81. The van der Waals surface area contributed by atoms with Crippen molar-refractivity contribution in [2.24, 2.45) is 0 Å². The second kappa shape index (κ2) is 5.06. The highest BCUT2D eigenvalue weighted by molar-refractivity contribution is 7.16. The van der Waals surface area contributed by atoms with Crippen molar-refractivity contribution < 1.29 is 4.79 Å². The normalized spacial score (nSPS) is 17.6. The molecule has 1 unspecified atom stereocenters. The number of urea groups is 1. The summed E-state index contributed by atoms with van der Waals surface area (Å²) in [7, 11) is 0. The first-order chi connectivity index (χ1) is 7.65. The van der Waals surface area contributed by atoms with Gasteiger partial charge in [0.25, 0.3) is 0 Å². The van der Waals surface area contributed by atoms with E-state index >= 15 is 0 Å². The van der Waals surface area contributed by atoms with Gasteiger partial charge in [-0.15, -0.1) is 11.3 Å². The molecule has 0 saturated heterocycles. The van der Waals surface area contributed by atoms with Crippen LogP contribution in [-0.2, 0) is 0 Å². The number of hydrogen-bond donors (Lipinski definition) is 2. The van der Waals surface area contributed by atoms with Crippen molar-refractivity contribution in [3.63, 3.8) is 0 Å².